The van der Waals surface area contributed by atoms with Gasteiger partial charge in [0.15, 0.2) is 11.6 Å². The van der Waals surface area contributed by atoms with Gasteiger partial charge >= 0.3 is 0 Å². The number of aromatic nitrogens is 3. The number of carbonyl (C=O) groups excluding carboxylic acids is 1. The second kappa shape index (κ2) is 6.71. The van der Waals surface area contributed by atoms with Crippen LogP contribution in [0.3, 0.4) is 0 Å². The van der Waals surface area contributed by atoms with E-state index < -0.39 is 6.04 Å². The predicted octanol–water partition coefficient (Wildman–Crippen LogP) is 4.96. The summed E-state index contributed by atoms with van der Waals surface area (Å²) in [5.41, 5.74) is 3.17. The van der Waals surface area contributed by atoms with Gasteiger partial charge in [-0.3, -0.25) is 4.79 Å². The van der Waals surface area contributed by atoms with Gasteiger partial charge in [-0.2, -0.15) is 4.98 Å². The van der Waals surface area contributed by atoms with Gasteiger partial charge in [0.2, 0.25) is 5.95 Å². The van der Waals surface area contributed by atoms with E-state index in [9.17, 15) is 9.90 Å². The molecule has 1 atom stereocenters. The fourth-order valence-corrected chi connectivity index (χ4v) is 4.51. The third-order valence-electron chi connectivity index (χ3n) is 5.62. The zero-order valence-electron chi connectivity index (χ0n) is 16.7. The number of Topliss-reactive ketones (excluding diaryl/α,β-unsaturated/α-hetero) is 1. The van der Waals surface area contributed by atoms with Gasteiger partial charge in [-0.25, -0.2) is 4.68 Å². The van der Waals surface area contributed by atoms with Crippen LogP contribution in [-0.4, -0.2) is 25.7 Å². The van der Waals surface area contributed by atoms with Gasteiger partial charge in [0.25, 0.3) is 0 Å². The van der Waals surface area contributed by atoms with Gasteiger partial charge in [0, 0.05) is 28.3 Å². The summed E-state index contributed by atoms with van der Waals surface area (Å²) in [7, 11) is 0. The molecule has 0 fully saturated rings. The van der Waals surface area contributed by atoms with Crippen molar-refractivity contribution >= 4 is 23.3 Å². The van der Waals surface area contributed by atoms with Crippen LogP contribution in [0.25, 0.3) is 11.4 Å². The minimum Gasteiger partial charge on any atom is -0.508 e. The smallest absolute Gasteiger partial charge is 0.226 e. The molecule has 0 amide bonds. The quantitative estimate of drug-likeness (QED) is 0.612. The fourth-order valence-electron chi connectivity index (χ4n) is 4.32. The Morgan fingerprint density at radius 3 is 2.67 bits per heavy atom. The fraction of sp³-hybridized carbons (Fsp3) is 0.261. The standard InChI is InChI=1S/C23H21ClN4O2/c1-23(2)11-17-19(18(30)12-23)20(13-6-8-16(29)9-7-13)28-22(25-17)26-21(27-28)14-4-3-5-15(24)10-14/h3-10,20,29H,11-12H2,1-2H3,(H,25,26,27). The summed E-state index contributed by atoms with van der Waals surface area (Å²) in [5.74, 6) is 1.41. The van der Waals surface area contributed by atoms with Crippen LogP contribution in [0.2, 0.25) is 5.02 Å². The number of rotatable bonds is 2. The maximum atomic E-state index is 13.2. The first-order chi connectivity index (χ1) is 14.3. The first-order valence-corrected chi connectivity index (χ1v) is 10.2. The monoisotopic (exact) mass is 420 g/mol. The number of ketones is 1. The molecule has 30 heavy (non-hydrogen) atoms. The van der Waals surface area contributed by atoms with Crippen LogP contribution in [0.4, 0.5) is 5.95 Å². The van der Waals surface area contributed by atoms with Crippen molar-refractivity contribution in [2.24, 2.45) is 5.41 Å². The second-order valence-corrected chi connectivity index (χ2v) is 9.10. The topological polar surface area (TPSA) is 80.0 Å². The zero-order valence-corrected chi connectivity index (χ0v) is 17.4. The van der Waals surface area contributed by atoms with E-state index in [1.54, 1.807) is 22.9 Å². The molecule has 0 radical (unpaired) electrons. The molecule has 7 heteroatoms. The molecule has 152 valence electrons. The number of hydrogen-bond donors (Lipinski definition) is 2. The molecule has 2 aliphatic rings. The average molecular weight is 421 g/mol. The van der Waals surface area contributed by atoms with Crippen molar-refractivity contribution in [3.63, 3.8) is 0 Å². The SMILES string of the molecule is CC1(C)CC(=O)C2=C(C1)Nc1nc(-c3cccc(Cl)c3)nn1C2c1ccc(O)cc1. The molecule has 0 spiro atoms. The molecule has 6 nitrogen and oxygen atoms in total. The number of carbonyl (C=O) groups is 1. The van der Waals surface area contributed by atoms with E-state index in [-0.39, 0.29) is 16.9 Å². The molecule has 1 unspecified atom stereocenters. The van der Waals surface area contributed by atoms with E-state index in [1.165, 1.54) is 0 Å². The molecule has 2 heterocycles. The summed E-state index contributed by atoms with van der Waals surface area (Å²) in [6, 6.07) is 13.9. The highest BCUT2D eigenvalue weighted by Crippen LogP contribution is 2.45. The third-order valence-corrected chi connectivity index (χ3v) is 5.86. The van der Waals surface area contributed by atoms with Gasteiger partial charge in [-0.1, -0.05) is 49.7 Å². The minimum atomic E-state index is -0.402. The Labute approximate surface area is 179 Å². The highest BCUT2D eigenvalue weighted by atomic mass is 35.5. The lowest BCUT2D eigenvalue weighted by Crippen LogP contribution is -2.36. The van der Waals surface area contributed by atoms with Crippen LogP contribution in [0.5, 0.6) is 5.75 Å². The van der Waals surface area contributed by atoms with Crippen molar-refractivity contribution in [1.82, 2.24) is 14.8 Å². The number of allylic oxidation sites excluding steroid dienone is 2. The molecular weight excluding hydrogens is 400 g/mol. The molecule has 0 bridgehead atoms. The molecule has 3 aromatic rings. The molecule has 0 saturated carbocycles. The number of nitrogens with zero attached hydrogens (tertiary/aromatic N) is 3. The third kappa shape index (κ3) is 3.17. The molecule has 5 rings (SSSR count). The zero-order chi connectivity index (χ0) is 21.0. The minimum absolute atomic E-state index is 0.109. The van der Waals surface area contributed by atoms with Crippen molar-refractivity contribution in [3.8, 4) is 17.1 Å². The van der Waals surface area contributed by atoms with Crippen LogP contribution in [0, 0.1) is 5.41 Å². The number of phenolic OH excluding ortho intramolecular Hbond substituents is 1. The Balaban J connectivity index is 1.68. The summed E-state index contributed by atoms with van der Waals surface area (Å²) < 4.78 is 1.76. The van der Waals surface area contributed by atoms with Gasteiger partial charge < -0.3 is 10.4 Å². The predicted molar refractivity (Wildman–Crippen MR) is 115 cm³/mol. The highest BCUT2D eigenvalue weighted by Gasteiger charge is 2.41. The molecule has 1 aliphatic carbocycles. The van der Waals surface area contributed by atoms with Crippen LogP contribution < -0.4 is 5.32 Å². The second-order valence-electron chi connectivity index (χ2n) is 8.67. The Kier molecular flexibility index (Phi) is 4.22. The van der Waals surface area contributed by atoms with Crippen LogP contribution in [0.1, 0.15) is 38.3 Å². The van der Waals surface area contributed by atoms with E-state index in [0.717, 1.165) is 28.8 Å². The first-order valence-electron chi connectivity index (χ1n) is 9.85. The van der Waals surface area contributed by atoms with Crippen molar-refractivity contribution in [2.45, 2.75) is 32.7 Å². The van der Waals surface area contributed by atoms with Gasteiger partial charge in [0.05, 0.1) is 0 Å². The molecule has 2 N–H and O–H groups in total. The van der Waals surface area contributed by atoms with Gasteiger partial charge in [-0.15, -0.1) is 5.10 Å². The van der Waals surface area contributed by atoms with Crippen molar-refractivity contribution in [1.29, 1.82) is 0 Å². The number of phenols is 1. The van der Waals surface area contributed by atoms with E-state index in [4.69, 9.17) is 21.7 Å². The maximum Gasteiger partial charge on any atom is 0.226 e. The summed E-state index contributed by atoms with van der Waals surface area (Å²) >= 11 is 6.16. The number of fused-ring (bicyclic) bond motifs is 1. The van der Waals surface area contributed by atoms with Crippen LogP contribution >= 0.6 is 11.6 Å². The summed E-state index contributed by atoms with van der Waals surface area (Å²) in [5, 5.41) is 18.5. The van der Waals surface area contributed by atoms with Gasteiger partial charge in [-0.05, 0) is 41.7 Å². The van der Waals surface area contributed by atoms with Crippen molar-refractivity contribution < 1.29 is 9.90 Å². The first kappa shape index (κ1) is 18.9. The van der Waals surface area contributed by atoms with E-state index in [0.29, 0.717) is 23.2 Å². The van der Waals surface area contributed by atoms with Crippen molar-refractivity contribution in [3.05, 3.63) is 70.4 Å². The Hall–Kier alpha value is -3.12. The largest absolute Gasteiger partial charge is 0.508 e. The molecular formula is C23H21ClN4O2. The number of halogens is 1. The lowest BCUT2D eigenvalue weighted by atomic mass is 9.73. The number of aromatic hydroxyl groups is 1. The Morgan fingerprint density at radius 1 is 1.17 bits per heavy atom. The maximum absolute atomic E-state index is 13.2. The lowest BCUT2D eigenvalue weighted by Gasteiger charge is -2.38. The van der Waals surface area contributed by atoms with E-state index in [1.807, 2.05) is 30.3 Å². The normalized spacial score (nSPS) is 19.8. The van der Waals surface area contributed by atoms with Gasteiger partial charge in [0.1, 0.15) is 11.8 Å². The Bertz CT molecular complexity index is 1190. The number of benzene rings is 2. The van der Waals surface area contributed by atoms with Crippen molar-refractivity contribution in [2.75, 3.05) is 5.32 Å². The molecule has 0 saturated heterocycles. The molecule has 1 aromatic heterocycles. The summed E-state index contributed by atoms with van der Waals surface area (Å²) in [6.07, 6.45) is 1.23. The summed E-state index contributed by atoms with van der Waals surface area (Å²) in [6.45, 7) is 4.20. The average Bonchev–Trinajstić information content (AvgIpc) is 3.10. The highest BCUT2D eigenvalue weighted by molar-refractivity contribution is 6.30. The lowest BCUT2D eigenvalue weighted by molar-refractivity contribution is -0.118. The molecule has 2 aromatic carbocycles. The van der Waals surface area contributed by atoms with Crippen LogP contribution in [-0.2, 0) is 4.79 Å². The number of anilines is 1. The molecule has 1 aliphatic heterocycles. The number of hydrogen-bond acceptors (Lipinski definition) is 5. The van der Waals surface area contributed by atoms with E-state index in [2.05, 4.69) is 19.2 Å². The van der Waals surface area contributed by atoms with E-state index >= 15 is 0 Å². The Morgan fingerprint density at radius 2 is 1.93 bits per heavy atom. The number of nitrogens with one attached hydrogen (secondary N) is 1. The van der Waals surface area contributed by atoms with Crippen LogP contribution in [0.15, 0.2) is 59.8 Å². The summed E-state index contributed by atoms with van der Waals surface area (Å²) in [4.78, 5) is 17.9.